The van der Waals surface area contributed by atoms with Gasteiger partial charge < -0.3 is 14.6 Å². The fourth-order valence-corrected chi connectivity index (χ4v) is 0.838. The van der Waals surface area contributed by atoms with Crippen LogP contribution in [0.2, 0.25) is 0 Å². The minimum atomic E-state index is -0.164. The summed E-state index contributed by atoms with van der Waals surface area (Å²) in [6.07, 6.45) is 4.08. The van der Waals surface area contributed by atoms with Crippen LogP contribution < -0.4 is 0 Å². The molecule has 0 radical (unpaired) electrons. The zero-order valence-corrected chi connectivity index (χ0v) is 7.82. The van der Waals surface area contributed by atoms with E-state index in [1.54, 1.807) is 6.08 Å². The number of hydrogen-bond acceptors (Lipinski definition) is 3. The molecule has 0 aromatic rings. The molecule has 12 heavy (non-hydrogen) atoms. The molecule has 0 saturated carbocycles. The maximum Gasteiger partial charge on any atom is 0.160 e. The van der Waals surface area contributed by atoms with Gasteiger partial charge in [0, 0.05) is 19.6 Å². The number of ether oxygens (including phenoxy) is 2. The molecule has 0 atom stereocenters. The van der Waals surface area contributed by atoms with Crippen LogP contribution in [0.5, 0.6) is 0 Å². The highest BCUT2D eigenvalue weighted by Gasteiger charge is 2.03. The van der Waals surface area contributed by atoms with Gasteiger partial charge in [0.1, 0.15) is 0 Å². The monoisotopic (exact) mass is 174 g/mol. The van der Waals surface area contributed by atoms with Crippen molar-refractivity contribution in [3.05, 3.63) is 12.2 Å². The third-order valence-corrected chi connectivity index (χ3v) is 1.31. The predicted molar refractivity (Wildman–Crippen MR) is 47.9 cm³/mol. The van der Waals surface area contributed by atoms with Gasteiger partial charge in [0.25, 0.3) is 0 Å². The summed E-state index contributed by atoms with van der Waals surface area (Å²) in [6.45, 7) is 5.24. The van der Waals surface area contributed by atoms with E-state index in [4.69, 9.17) is 14.6 Å². The van der Waals surface area contributed by atoms with Crippen LogP contribution in [0, 0.1) is 0 Å². The molecule has 0 saturated heterocycles. The highest BCUT2D eigenvalue weighted by molar-refractivity contribution is 4.81. The Bertz CT molecular complexity index is 106. The fraction of sp³-hybridized carbons (Fsp3) is 0.778. The van der Waals surface area contributed by atoms with Gasteiger partial charge >= 0.3 is 0 Å². The van der Waals surface area contributed by atoms with Crippen LogP contribution in [-0.2, 0) is 9.47 Å². The Labute approximate surface area is 74.0 Å². The lowest BCUT2D eigenvalue weighted by atomic mass is 10.3. The van der Waals surface area contributed by atoms with Gasteiger partial charge in [0.2, 0.25) is 0 Å². The highest BCUT2D eigenvalue weighted by atomic mass is 16.7. The summed E-state index contributed by atoms with van der Waals surface area (Å²) in [6, 6.07) is 0. The topological polar surface area (TPSA) is 38.7 Å². The van der Waals surface area contributed by atoms with Gasteiger partial charge in [0.05, 0.1) is 6.61 Å². The predicted octanol–water partition coefficient (Wildman–Crippen LogP) is 1.32. The Hall–Kier alpha value is -0.380. The van der Waals surface area contributed by atoms with Gasteiger partial charge in [0.15, 0.2) is 6.29 Å². The van der Waals surface area contributed by atoms with Crippen LogP contribution in [-0.4, -0.2) is 31.2 Å². The normalized spacial score (nSPS) is 11.7. The van der Waals surface area contributed by atoms with Crippen molar-refractivity contribution in [3.8, 4) is 0 Å². The summed E-state index contributed by atoms with van der Waals surface area (Å²) >= 11 is 0. The molecule has 3 nitrogen and oxygen atoms in total. The molecular weight excluding hydrogens is 156 g/mol. The van der Waals surface area contributed by atoms with E-state index in [1.807, 2.05) is 19.9 Å². The van der Waals surface area contributed by atoms with E-state index in [0.29, 0.717) is 19.6 Å². The van der Waals surface area contributed by atoms with Crippen LogP contribution in [0.15, 0.2) is 12.2 Å². The van der Waals surface area contributed by atoms with Gasteiger partial charge in [-0.25, -0.2) is 0 Å². The summed E-state index contributed by atoms with van der Waals surface area (Å²) in [7, 11) is 0. The minimum absolute atomic E-state index is 0.0744. The second-order valence-corrected chi connectivity index (χ2v) is 2.23. The molecule has 0 aliphatic heterocycles. The van der Waals surface area contributed by atoms with Crippen molar-refractivity contribution >= 4 is 0 Å². The van der Waals surface area contributed by atoms with Crippen LogP contribution in [0.4, 0.5) is 0 Å². The Morgan fingerprint density at radius 2 is 1.75 bits per heavy atom. The summed E-state index contributed by atoms with van der Waals surface area (Å²) in [4.78, 5) is 0. The van der Waals surface area contributed by atoms with Crippen molar-refractivity contribution in [1.82, 2.24) is 0 Å². The molecule has 0 amide bonds. The number of aliphatic hydroxyl groups is 1. The molecule has 0 aromatic carbocycles. The van der Waals surface area contributed by atoms with Crippen molar-refractivity contribution in [2.24, 2.45) is 0 Å². The maximum absolute atomic E-state index is 8.47. The van der Waals surface area contributed by atoms with E-state index >= 15 is 0 Å². The first-order valence-corrected chi connectivity index (χ1v) is 4.34. The van der Waals surface area contributed by atoms with Gasteiger partial charge in [-0.2, -0.15) is 0 Å². The van der Waals surface area contributed by atoms with E-state index in [0.717, 1.165) is 0 Å². The molecule has 0 fully saturated rings. The van der Waals surface area contributed by atoms with Crippen molar-refractivity contribution < 1.29 is 14.6 Å². The molecule has 0 bridgehead atoms. The van der Waals surface area contributed by atoms with Gasteiger partial charge in [-0.15, -0.1) is 0 Å². The van der Waals surface area contributed by atoms with Crippen LogP contribution >= 0.6 is 0 Å². The van der Waals surface area contributed by atoms with Crippen molar-refractivity contribution in [1.29, 1.82) is 0 Å². The zero-order valence-electron chi connectivity index (χ0n) is 7.82. The third-order valence-electron chi connectivity index (χ3n) is 1.31. The summed E-state index contributed by atoms with van der Waals surface area (Å²) in [5.41, 5.74) is 0. The highest BCUT2D eigenvalue weighted by Crippen LogP contribution is 2.01. The fourth-order valence-electron chi connectivity index (χ4n) is 0.838. The van der Waals surface area contributed by atoms with Crippen LogP contribution in [0.3, 0.4) is 0 Å². The first kappa shape index (κ1) is 11.6. The first-order valence-electron chi connectivity index (χ1n) is 4.34. The Morgan fingerprint density at radius 3 is 2.17 bits per heavy atom. The molecule has 0 aliphatic carbocycles. The summed E-state index contributed by atoms with van der Waals surface area (Å²) in [5.74, 6) is 0. The Morgan fingerprint density at radius 1 is 1.17 bits per heavy atom. The minimum Gasteiger partial charge on any atom is -0.392 e. The Kier molecular flexibility index (Phi) is 8.44. The van der Waals surface area contributed by atoms with Crippen molar-refractivity contribution in [2.45, 2.75) is 26.6 Å². The van der Waals surface area contributed by atoms with E-state index in [1.165, 1.54) is 0 Å². The van der Waals surface area contributed by atoms with E-state index in [-0.39, 0.29) is 12.9 Å². The van der Waals surface area contributed by atoms with E-state index in [2.05, 4.69) is 0 Å². The molecule has 0 rings (SSSR count). The second-order valence-electron chi connectivity index (χ2n) is 2.23. The van der Waals surface area contributed by atoms with Crippen molar-refractivity contribution in [2.75, 3.05) is 19.8 Å². The summed E-state index contributed by atoms with van der Waals surface area (Å²) < 4.78 is 10.5. The molecule has 0 spiro atoms. The van der Waals surface area contributed by atoms with Crippen LogP contribution in [0.25, 0.3) is 0 Å². The largest absolute Gasteiger partial charge is 0.392 e. The molecule has 0 heterocycles. The molecule has 3 heteroatoms. The van der Waals surface area contributed by atoms with E-state index < -0.39 is 0 Å². The average molecular weight is 174 g/mol. The zero-order chi connectivity index (χ0) is 9.23. The van der Waals surface area contributed by atoms with Crippen LogP contribution in [0.1, 0.15) is 20.3 Å². The number of rotatable bonds is 7. The van der Waals surface area contributed by atoms with Gasteiger partial charge in [-0.3, -0.25) is 0 Å². The van der Waals surface area contributed by atoms with Crippen molar-refractivity contribution in [3.63, 3.8) is 0 Å². The molecule has 0 aromatic heterocycles. The van der Waals surface area contributed by atoms with Gasteiger partial charge in [-0.1, -0.05) is 12.2 Å². The van der Waals surface area contributed by atoms with E-state index in [9.17, 15) is 0 Å². The lowest BCUT2D eigenvalue weighted by Gasteiger charge is -2.14. The first-order chi connectivity index (χ1) is 5.85. The average Bonchev–Trinajstić information content (AvgIpc) is 2.06. The number of hydrogen-bond donors (Lipinski definition) is 1. The molecule has 0 aliphatic rings. The van der Waals surface area contributed by atoms with Gasteiger partial charge in [-0.05, 0) is 13.8 Å². The number of aliphatic hydroxyl groups excluding tert-OH is 1. The smallest absolute Gasteiger partial charge is 0.160 e. The molecular formula is C9H18O3. The molecule has 72 valence electrons. The molecule has 0 unspecified atom stereocenters. The third kappa shape index (κ3) is 6.34. The lowest BCUT2D eigenvalue weighted by Crippen LogP contribution is -2.16. The second kappa shape index (κ2) is 8.71. The Balaban J connectivity index is 3.54. The maximum atomic E-state index is 8.47. The standard InChI is InChI=1S/C9H18O3/c1-3-11-9(12-4-2)7-5-6-8-10/h5-6,9-10H,3-4,7-8H2,1-2H3. The summed E-state index contributed by atoms with van der Waals surface area (Å²) in [5, 5.41) is 8.47. The SMILES string of the molecule is CCOC(CC=CCO)OCC. The molecule has 1 N–H and O–H groups in total. The quantitative estimate of drug-likeness (QED) is 0.467. The lowest BCUT2D eigenvalue weighted by molar-refractivity contribution is -0.133.